The van der Waals surface area contributed by atoms with Crippen LogP contribution in [-0.4, -0.2) is 42.7 Å². The van der Waals surface area contributed by atoms with E-state index in [9.17, 15) is 19.2 Å². The van der Waals surface area contributed by atoms with Gasteiger partial charge in [0.05, 0.1) is 6.42 Å². The smallest absolute Gasteiger partial charge is 0.306 e. The Morgan fingerprint density at radius 3 is 2.59 bits per heavy atom. The molecule has 1 aliphatic rings. The van der Waals surface area contributed by atoms with Gasteiger partial charge in [-0.05, 0) is 24.3 Å². The first-order valence-corrected chi connectivity index (χ1v) is 10.0. The molecule has 1 heterocycles. The molecule has 0 radical (unpaired) electrons. The number of hydrogen-bond donors (Lipinski definition) is 1. The van der Waals surface area contributed by atoms with Crippen LogP contribution in [0.1, 0.15) is 45.1 Å². The van der Waals surface area contributed by atoms with Crippen molar-refractivity contribution >= 4 is 23.4 Å². The Kier molecular flexibility index (Phi) is 8.99. The van der Waals surface area contributed by atoms with Crippen LogP contribution in [0.15, 0.2) is 30.3 Å². The number of hydrogen-bond acceptors (Lipinski definition) is 6. The maximum Gasteiger partial charge on any atom is 0.306 e. The molecule has 2 unspecified atom stereocenters. The van der Waals surface area contributed by atoms with Crippen LogP contribution in [0.4, 0.5) is 0 Å². The van der Waals surface area contributed by atoms with E-state index in [-0.39, 0.29) is 31.1 Å². The average Bonchev–Trinajstić information content (AvgIpc) is 2.78. The van der Waals surface area contributed by atoms with Gasteiger partial charge < -0.3 is 14.8 Å². The van der Waals surface area contributed by atoms with Crippen molar-refractivity contribution in [2.24, 2.45) is 11.8 Å². The molecule has 7 heteroatoms. The van der Waals surface area contributed by atoms with Crippen molar-refractivity contribution in [3.63, 3.8) is 0 Å². The lowest BCUT2D eigenvalue weighted by atomic mass is 9.85. The van der Waals surface area contributed by atoms with Crippen LogP contribution in [0.25, 0.3) is 0 Å². The van der Waals surface area contributed by atoms with Crippen LogP contribution < -0.4 is 5.32 Å². The Morgan fingerprint density at radius 1 is 1.17 bits per heavy atom. The summed E-state index contributed by atoms with van der Waals surface area (Å²) < 4.78 is 10.8. The molecule has 1 amide bonds. The van der Waals surface area contributed by atoms with Gasteiger partial charge in [-0.1, -0.05) is 44.2 Å². The van der Waals surface area contributed by atoms with E-state index in [1.54, 1.807) is 0 Å². The zero-order chi connectivity index (χ0) is 21.2. The molecule has 0 aliphatic carbocycles. The topological polar surface area (TPSA) is 98.8 Å². The Hall–Kier alpha value is -2.54. The van der Waals surface area contributed by atoms with Crippen molar-refractivity contribution in [3.05, 3.63) is 35.9 Å². The van der Waals surface area contributed by atoms with E-state index in [2.05, 4.69) is 5.32 Å². The first-order chi connectivity index (χ1) is 13.9. The first kappa shape index (κ1) is 22.7. The van der Waals surface area contributed by atoms with Crippen molar-refractivity contribution in [3.8, 4) is 0 Å². The van der Waals surface area contributed by atoms with E-state index in [0.717, 1.165) is 5.56 Å². The summed E-state index contributed by atoms with van der Waals surface area (Å²) in [5.41, 5.74) is 0.865. The Morgan fingerprint density at radius 2 is 1.90 bits per heavy atom. The van der Waals surface area contributed by atoms with Crippen molar-refractivity contribution < 1.29 is 28.7 Å². The number of nitrogens with one attached hydrogen (secondary N) is 1. The van der Waals surface area contributed by atoms with Gasteiger partial charge in [-0.2, -0.15) is 0 Å². The molecule has 1 aromatic carbocycles. The minimum Gasteiger partial charge on any atom is -0.461 e. The second-order valence-electron chi connectivity index (χ2n) is 7.56. The molecule has 1 aliphatic heterocycles. The maximum absolute atomic E-state index is 12.8. The minimum absolute atomic E-state index is 0.0730. The van der Waals surface area contributed by atoms with Crippen LogP contribution in [0.3, 0.4) is 0 Å². The van der Waals surface area contributed by atoms with Crippen LogP contribution in [-0.2, 0) is 35.3 Å². The lowest BCUT2D eigenvalue weighted by Gasteiger charge is -2.21. The second kappa shape index (κ2) is 11.5. The summed E-state index contributed by atoms with van der Waals surface area (Å²) in [6, 6.07) is 9.29. The lowest BCUT2D eigenvalue weighted by Crippen LogP contribution is -2.41. The number of amides is 1. The van der Waals surface area contributed by atoms with Crippen molar-refractivity contribution in [2.75, 3.05) is 13.2 Å². The Balaban J connectivity index is 1.95. The number of carbonyl (C=O) groups excluding carboxylic acids is 4. The molecule has 158 valence electrons. The molecule has 0 saturated carbocycles. The van der Waals surface area contributed by atoms with E-state index < -0.39 is 29.7 Å². The number of benzene rings is 1. The standard InChI is InChI=1S/C22H29NO6/c1-15(2)17(12-20(25)29-14-16-8-4-3-5-9-16)18(24)13-19-21(26)22(27)23-10-6-7-11-28-19/h3-5,8-9,15,17,19H,6-7,10-14H2,1-2H3,(H,23,27). The Labute approximate surface area is 171 Å². The Bertz CT molecular complexity index is 715. The molecule has 1 N–H and O–H groups in total. The van der Waals surface area contributed by atoms with Gasteiger partial charge in [-0.25, -0.2) is 0 Å². The molecular formula is C22H29NO6. The summed E-state index contributed by atoms with van der Waals surface area (Å²) in [5.74, 6) is -2.94. The molecule has 0 bridgehead atoms. The third kappa shape index (κ3) is 7.42. The number of ether oxygens (including phenoxy) is 2. The van der Waals surface area contributed by atoms with Crippen molar-refractivity contribution in [1.82, 2.24) is 5.32 Å². The highest BCUT2D eigenvalue weighted by Crippen LogP contribution is 2.21. The zero-order valence-electron chi connectivity index (χ0n) is 17.0. The average molecular weight is 403 g/mol. The summed E-state index contributed by atoms with van der Waals surface area (Å²) in [4.78, 5) is 49.2. The van der Waals surface area contributed by atoms with E-state index in [0.29, 0.717) is 26.0 Å². The highest BCUT2D eigenvalue weighted by atomic mass is 16.5. The van der Waals surface area contributed by atoms with Gasteiger partial charge in [0.2, 0.25) is 5.78 Å². The third-order valence-corrected chi connectivity index (χ3v) is 4.93. The predicted molar refractivity (Wildman–Crippen MR) is 106 cm³/mol. The molecule has 1 fully saturated rings. The van der Waals surface area contributed by atoms with Gasteiger partial charge in [0.15, 0.2) is 0 Å². The molecule has 7 nitrogen and oxygen atoms in total. The van der Waals surface area contributed by atoms with Gasteiger partial charge in [0.1, 0.15) is 18.5 Å². The molecule has 29 heavy (non-hydrogen) atoms. The minimum atomic E-state index is -1.11. The summed E-state index contributed by atoms with van der Waals surface area (Å²) in [6.45, 7) is 4.54. The highest BCUT2D eigenvalue weighted by molar-refractivity contribution is 6.38. The van der Waals surface area contributed by atoms with E-state index in [1.165, 1.54) is 0 Å². The molecule has 2 rings (SSSR count). The summed E-state index contributed by atoms with van der Waals surface area (Å²) in [6.07, 6.45) is -0.00121. The van der Waals surface area contributed by atoms with Crippen LogP contribution >= 0.6 is 0 Å². The maximum atomic E-state index is 12.8. The van der Waals surface area contributed by atoms with Gasteiger partial charge >= 0.3 is 5.97 Å². The third-order valence-electron chi connectivity index (χ3n) is 4.93. The summed E-state index contributed by atoms with van der Waals surface area (Å²) in [7, 11) is 0. The van der Waals surface area contributed by atoms with Gasteiger partial charge in [-0.15, -0.1) is 0 Å². The number of esters is 1. The van der Waals surface area contributed by atoms with Crippen LogP contribution in [0.2, 0.25) is 0 Å². The van der Waals surface area contributed by atoms with E-state index in [4.69, 9.17) is 9.47 Å². The van der Waals surface area contributed by atoms with E-state index in [1.807, 2.05) is 44.2 Å². The van der Waals surface area contributed by atoms with Crippen molar-refractivity contribution in [1.29, 1.82) is 0 Å². The number of rotatable bonds is 8. The molecule has 2 atom stereocenters. The fourth-order valence-electron chi connectivity index (χ4n) is 3.15. The van der Waals surface area contributed by atoms with Gasteiger partial charge in [0, 0.05) is 25.5 Å². The normalized spacial score (nSPS) is 18.9. The molecule has 1 aromatic rings. The molecule has 0 aromatic heterocycles. The first-order valence-electron chi connectivity index (χ1n) is 10.0. The fourth-order valence-corrected chi connectivity index (χ4v) is 3.15. The van der Waals surface area contributed by atoms with E-state index >= 15 is 0 Å². The van der Waals surface area contributed by atoms with Crippen molar-refractivity contribution in [2.45, 2.75) is 52.2 Å². The monoisotopic (exact) mass is 403 g/mol. The fraction of sp³-hybridized carbons (Fsp3) is 0.545. The zero-order valence-corrected chi connectivity index (χ0v) is 17.0. The second-order valence-corrected chi connectivity index (χ2v) is 7.56. The largest absolute Gasteiger partial charge is 0.461 e. The van der Waals surface area contributed by atoms with Gasteiger partial charge in [-0.3, -0.25) is 19.2 Å². The predicted octanol–water partition coefficient (Wildman–Crippen LogP) is 2.22. The SMILES string of the molecule is CC(C)C(CC(=O)OCc1ccccc1)C(=O)CC1OCCCCNC(=O)C1=O. The number of Topliss-reactive ketones (excluding diaryl/α,β-unsaturated/α-hetero) is 2. The summed E-state index contributed by atoms with van der Waals surface area (Å²) in [5, 5.41) is 2.54. The molecular weight excluding hydrogens is 374 g/mol. The number of carbonyl (C=O) groups is 4. The van der Waals surface area contributed by atoms with Gasteiger partial charge in [0.25, 0.3) is 5.91 Å². The highest BCUT2D eigenvalue weighted by Gasteiger charge is 2.33. The molecule has 1 saturated heterocycles. The molecule has 0 spiro atoms. The number of ketones is 2. The van der Waals surface area contributed by atoms with Crippen LogP contribution in [0, 0.1) is 11.8 Å². The summed E-state index contributed by atoms with van der Waals surface area (Å²) >= 11 is 0. The quantitative estimate of drug-likeness (QED) is 0.528. The van der Waals surface area contributed by atoms with Crippen LogP contribution in [0.5, 0.6) is 0 Å². The lowest BCUT2D eigenvalue weighted by molar-refractivity contribution is -0.150.